The summed E-state index contributed by atoms with van der Waals surface area (Å²) in [6.45, 7) is 0. The molecular weight excluding hydrogens is 242 g/mol. The molecule has 0 aliphatic carbocycles. The number of anilines is 1. The van der Waals surface area contributed by atoms with Gasteiger partial charge in [-0.2, -0.15) is 0 Å². The molecule has 5 heteroatoms. The van der Waals surface area contributed by atoms with E-state index in [-0.39, 0.29) is 17.4 Å². The fourth-order valence-corrected chi connectivity index (χ4v) is 1.75. The number of carbonyl (C=O) groups excluding carboxylic acids is 2. The van der Waals surface area contributed by atoms with Gasteiger partial charge in [0.15, 0.2) is 12.1 Å². The summed E-state index contributed by atoms with van der Waals surface area (Å²) in [5.74, 6) is -0.125. The van der Waals surface area contributed by atoms with Crippen LogP contribution in [0.1, 0.15) is 5.56 Å². The molecule has 0 atom stereocenters. The Morgan fingerprint density at radius 2 is 1.84 bits per heavy atom. The summed E-state index contributed by atoms with van der Waals surface area (Å²) in [4.78, 5) is 29.8. The molecule has 0 bridgehead atoms. The number of hydrogen-bond acceptors (Lipinski definition) is 4. The Hall–Kier alpha value is -2.43. The number of hydrogen-bond donors (Lipinski definition) is 0. The number of rotatable bonds is 3. The second kappa shape index (κ2) is 5.06. The smallest absolute Gasteiger partial charge is 0.277 e. The highest BCUT2D eigenvalue weighted by atomic mass is 16.2. The maximum Gasteiger partial charge on any atom is 0.277 e. The Kier molecular flexibility index (Phi) is 3.46. The zero-order valence-corrected chi connectivity index (χ0v) is 11.1. The molecular formula is C14H15N3O2. The molecule has 0 spiro atoms. The van der Waals surface area contributed by atoms with Crippen molar-refractivity contribution in [1.82, 2.24) is 4.90 Å². The molecule has 1 aliphatic heterocycles. The Labute approximate surface area is 111 Å². The quantitative estimate of drug-likeness (QED) is 0.603. The predicted octanol–water partition coefficient (Wildman–Crippen LogP) is 1.16. The minimum atomic E-state index is -0.265. The molecule has 0 saturated carbocycles. The molecule has 0 fully saturated rings. The second-order valence-corrected chi connectivity index (χ2v) is 4.47. The lowest BCUT2D eigenvalue weighted by Gasteiger charge is -2.11. The topological polar surface area (TPSA) is 53.0 Å². The van der Waals surface area contributed by atoms with Gasteiger partial charge in [0.25, 0.3) is 5.91 Å². The van der Waals surface area contributed by atoms with Gasteiger partial charge in [0.1, 0.15) is 5.70 Å². The Morgan fingerprint density at radius 3 is 2.32 bits per heavy atom. The summed E-state index contributed by atoms with van der Waals surface area (Å²) in [7, 11) is 5.46. The summed E-state index contributed by atoms with van der Waals surface area (Å²) >= 11 is 0. The molecule has 0 N–H and O–H groups in total. The van der Waals surface area contributed by atoms with E-state index in [1.807, 2.05) is 43.3 Å². The van der Waals surface area contributed by atoms with Crippen molar-refractivity contribution < 1.29 is 9.59 Å². The minimum Gasteiger partial charge on any atom is -0.378 e. The van der Waals surface area contributed by atoms with E-state index in [2.05, 4.69) is 4.99 Å². The third-order valence-electron chi connectivity index (χ3n) is 2.92. The first-order chi connectivity index (χ1) is 9.02. The lowest BCUT2D eigenvalue weighted by molar-refractivity contribution is -0.122. The summed E-state index contributed by atoms with van der Waals surface area (Å²) in [5, 5.41) is 0. The average molecular weight is 257 g/mol. The van der Waals surface area contributed by atoms with Gasteiger partial charge in [-0.05, 0) is 23.8 Å². The number of benzene rings is 1. The van der Waals surface area contributed by atoms with Crippen LogP contribution in [0.25, 0.3) is 6.08 Å². The van der Waals surface area contributed by atoms with Crippen LogP contribution in [0.15, 0.2) is 35.0 Å². The van der Waals surface area contributed by atoms with Crippen LogP contribution in [-0.2, 0) is 9.59 Å². The SMILES string of the molecule is CN1C(=O)/C(=C/c2ccc(N(C)C)cc2)N=C1C=O. The highest BCUT2D eigenvalue weighted by Gasteiger charge is 2.26. The largest absolute Gasteiger partial charge is 0.378 e. The van der Waals surface area contributed by atoms with E-state index in [9.17, 15) is 9.59 Å². The van der Waals surface area contributed by atoms with Crippen molar-refractivity contribution in [3.63, 3.8) is 0 Å². The van der Waals surface area contributed by atoms with Crippen LogP contribution in [0.5, 0.6) is 0 Å². The number of likely N-dealkylation sites (N-methyl/N-ethyl adjacent to an activating group) is 1. The Bertz CT molecular complexity index is 571. The predicted molar refractivity (Wildman–Crippen MR) is 75.0 cm³/mol. The molecule has 0 radical (unpaired) electrons. The summed E-state index contributed by atoms with van der Waals surface area (Å²) < 4.78 is 0. The maximum absolute atomic E-state index is 11.8. The van der Waals surface area contributed by atoms with E-state index in [0.29, 0.717) is 6.29 Å². The molecule has 1 aliphatic rings. The van der Waals surface area contributed by atoms with E-state index in [0.717, 1.165) is 11.3 Å². The standard InChI is InChI=1S/C14H15N3O2/c1-16(2)11-6-4-10(5-7-11)8-12-14(19)17(3)13(9-18)15-12/h4-9H,1-3H3/b12-8-. The first-order valence-corrected chi connectivity index (χ1v) is 5.84. The van der Waals surface area contributed by atoms with Gasteiger partial charge in [-0.15, -0.1) is 0 Å². The second-order valence-electron chi connectivity index (χ2n) is 4.47. The maximum atomic E-state index is 11.8. The number of nitrogens with zero attached hydrogens (tertiary/aromatic N) is 3. The van der Waals surface area contributed by atoms with Gasteiger partial charge in [-0.3, -0.25) is 14.5 Å². The van der Waals surface area contributed by atoms with Gasteiger partial charge in [-0.1, -0.05) is 12.1 Å². The van der Waals surface area contributed by atoms with Gasteiger partial charge in [0, 0.05) is 26.8 Å². The van der Waals surface area contributed by atoms with E-state index < -0.39 is 0 Å². The lowest BCUT2D eigenvalue weighted by atomic mass is 10.1. The summed E-state index contributed by atoms with van der Waals surface area (Å²) in [6.07, 6.45) is 2.25. The third kappa shape index (κ3) is 2.54. The molecule has 1 aromatic carbocycles. The molecule has 0 aromatic heterocycles. The van der Waals surface area contributed by atoms with Crippen molar-refractivity contribution in [2.45, 2.75) is 0 Å². The minimum absolute atomic E-state index is 0.140. The van der Waals surface area contributed by atoms with Crippen LogP contribution in [-0.4, -0.2) is 44.1 Å². The van der Waals surface area contributed by atoms with E-state index in [1.165, 1.54) is 11.9 Å². The van der Waals surface area contributed by atoms with Crippen molar-refractivity contribution in [3.8, 4) is 0 Å². The van der Waals surface area contributed by atoms with E-state index in [4.69, 9.17) is 0 Å². The average Bonchev–Trinajstić information content (AvgIpc) is 2.67. The van der Waals surface area contributed by atoms with Crippen LogP contribution in [0.3, 0.4) is 0 Å². The van der Waals surface area contributed by atoms with Crippen LogP contribution >= 0.6 is 0 Å². The van der Waals surface area contributed by atoms with Crippen molar-refractivity contribution >= 4 is 29.8 Å². The summed E-state index contributed by atoms with van der Waals surface area (Å²) in [5.41, 5.74) is 2.23. The van der Waals surface area contributed by atoms with Crippen molar-refractivity contribution in [1.29, 1.82) is 0 Å². The van der Waals surface area contributed by atoms with Crippen LogP contribution in [0.2, 0.25) is 0 Å². The number of aldehydes is 1. The Morgan fingerprint density at radius 1 is 1.21 bits per heavy atom. The number of amides is 1. The molecule has 2 rings (SSSR count). The first-order valence-electron chi connectivity index (χ1n) is 5.84. The van der Waals surface area contributed by atoms with Crippen LogP contribution in [0, 0.1) is 0 Å². The van der Waals surface area contributed by atoms with Gasteiger partial charge < -0.3 is 4.90 Å². The highest BCUT2D eigenvalue weighted by Crippen LogP contribution is 2.18. The fourth-order valence-electron chi connectivity index (χ4n) is 1.75. The van der Waals surface area contributed by atoms with E-state index >= 15 is 0 Å². The fraction of sp³-hybridized carbons (Fsp3) is 0.214. The molecule has 0 saturated heterocycles. The van der Waals surface area contributed by atoms with E-state index in [1.54, 1.807) is 6.08 Å². The van der Waals surface area contributed by atoms with Crippen LogP contribution < -0.4 is 4.90 Å². The number of amidine groups is 1. The molecule has 1 amide bonds. The molecule has 1 heterocycles. The monoisotopic (exact) mass is 257 g/mol. The molecule has 19 heavy (non-hydrogen) atoms. The first kappa shape index (κ1) is 13.0. The molecule has 98 valence electrons. The summed E-state index contributed by atoms with van der Waals surface area (Å²) in [6, 6.07) is 7.73. The van der Waals surface area contributed by atoms with Gasteiger partial charge in [0.2, 0.25) is 0 Å². The molecule has 1 aromatic rings. The zero-order valence-electron chi connectivity index (χ0n) is 11.1. The molecule has 5 nitrogen and oxygen atoms in total. The Balaban J connectivity index is 2.29. The zero-order chi connectivity index (χ0) is 14.0. The van der Waals surface area contributed by atoms with Crippen molar-refractivity contribution in [2.75, 3.05) is 26.0 Å². The highest BCUT2D eigenvalue weighted by molar-refractivity contribution is 6.35. The van der Waals surface area contributed by atoms with Gasteiger partial charge >= 0.3 is 0 Å². The van der Waals surface area contributed by atoms with Gasteiger partial charge in [0.05, 0.1) is 0 Å². The van der Waals surface area contributed by atoms with Crippen LogP contribution in [0.4, 0.5) is 5.69 Å². The third-order valence-corrected chi connectivity index (χ3v) is 2.92. The van der Waals surface area contributed by atoms with Gasteiger partial charge in [-0.25, -0.2) is 4.99 Å². The normalized spacial score (nSPS) is 16.8. The number of carbonyl (C=O) groups is 2. The lowest BCUT2D eigenvalue weighted by Crippen LogP contribution is -2.28. The number of aliphatic imine (C=N–C) groups is 1. The van der Waals surface area contributed by atoms with Crippen molar-refractivity contribution in [2.24, 2.45) is 4.99 Å². The molecule has 0 unspecified atom stereocenters. The van der Waals surface area contributed by atoms with Crippen molar-refractivity contribution in [3.05, 3.63) is 35.5 Å².